The van der Waals surface area contributed by atoms with Crippen LogP contribution in [0.25, 0.3) is 0 Å². The smallest absolute Gasteiger partial charge is 0.161 e. The highest BCUT2D eigenvalue weighted by molar-refractivity contribution is 5.31. The summed E-state index contributed by atoms with van der Waals surface area (Å²) in [4.78, 5) is 0. The lowest BCUT2D eigenvalue weighted by Crippen LogP contribution is -2.44. The summed E-state index contributed by atoms with van der Waals surface area (Å²) in [6, 6.07) is 0.109. The number of rotatable bonds is 6. The molecule has 1 aliphatic rings. The molecule has 1 unspecified atom stereocenters. The monoisotopic (exact) mass is 267 g/mol. The minimum Gasteiger partial charge on any atom is -0.493 e. The fourth-order valence-corrected chi connectivity index (χ4v) is 3.34. The van der Waals surface area contributed by atoms with Crippen molar-refractivity contribution in [2.75, 3.05) is 20.8 Å². The molecule has 19 heavy (non-hydrogen) atoms. The first-order chi connectivity index (χ1) is 9.18. The topological polar surface area (TPSA) is 48.3 Å². The van der Waals surface area contributed by atoms with Gasteiger partial charge in [0.25, 0.3) is 0 Å². The SMILES string of the molecule is CCOC1(C(NC)c2c(OC)cnn2C)CCCC1. The minimum absolute atomic E-state index is 0.109. The molecule has 0 amide bonds. The lowest BCUT2D eigenvalue weighted by atomic mass is 9.89. The van der Waals surface area contributed by atoms with Crippen molar-refractivity contribution in [3.05, 3.63) is 11.9 Å². The first-order valence-electron chi connectivity index (χ1n) is 7.05. The van der Waals surface area contributed by atoms with Crippen LogP contribution >= 0.6 is 0 Å². The third kappa shape index (κ3) is 2.49. The minimum atomic E-state index is -0.134. The molecule has 1 aliphatic carbocycles. The van der Waals surface area contributed by atoms with E-state index in [4.69, 9.17) is 9.47 Å². The second-order valence-corrected chi connectivity index (χ2v) is 5.15. The number of nitrogens with zero attached hydrogens (tertiary/aromatic N) is 2. The van der Waals surface area contributed by atoms with Crippen LogP contribution in [0.1, 0.15) is 44.3 Å². The van der Waals surface area contributed by atoms with E-state index in [1.54, 1.807) is 13.3 Å². The molecule has 1 N–H and O–H groups in total. The average Bonchev–Trinajstić information content (AvgIpc) is 3.00. The van der Waals surface area contributed by atoms with Crippen LogP contribution in [0.3, 0.4) is 0 Å². The van der Waals surface area contributed by atoms with Crippen molar-refractivity contribution in [2.24, 2.45) is 7.05 Å². The fraction of sp³-hybridized carbons (Fsp3) is 0.786. The second-order valence-electron chi connectivity index (χ2n) is 5.15. The Bertz CT molecular complexity index is 411. The van der Waals surface area contributed by atoms with E-state index in [1.807, 2.05) is 18.8 Å². The molecule has 1 aromatic rings. The highest BCUT2D eigenvalue weighted by Gasteiger charge is 2.44. The maximum absolute atomic E-state index is 6.16. The molecule has 1 atom stereocenters. The largest absolute Gasteiger partial charge is 0.493 e. The summed E-state index contributed by atoms with van der Waals surface area (Å²) in [5.74, 6) is 0.827. The molecular weight excluding hydrogens is 242 g/mol. The standard InChI is InChI=1S/C14H25N3O2/c1-5-19-14(8-6-7-9-14)13(15-2)12-11(18-4)10-16-17(12)3/h10,13,15H,5-9H2,1-4H3. The van der Waals surface area contributed by atoms with E-state index in [9.17, 15) is 0 Å². The molecule has 1 aromatic heterocycles. The molecule has 5 heteroatoms. The van der Waals surface area contributed by atoms with E-state index in [2.05, 4.69) is 17.3 Å². The number of aryl methyl sites for hydroxylation is 1. The van der Waals surface area contributed by atoms with Crippen molar-refractivity contribution in [2.45, 2.75) is 44.2 Å². The molecule has 0 aliphatic heterocycles. The number of hydrogen-bond acceptors (Lipinski definition) is 4. The molecule has 0 radical (unpaired) electrons. The highest BCUT2D eigenvalue weighted by atomic mass is 16.5. The van der Waals surface area contributed by atoms with Crippen molar-refractivity contribution in [1.29, 1.82) is 0 Å². The van der Waals surface area contributed by atoms with Crippen LogP contribution in [0.4, 0.5) is 0 Å². The van der Waals surface area contributed by atoms with Crippen molar-refractivity contribution in [3.8, 4) is 5.75 Å². The molecule has 5 nitrogen and oxygen atoms in total. The van der Waals surface area contributed by atoms with Gasteiger partial charge in [-0.25, -0.2) is 0 Å². The fourth-order valence-electron chi connectivity index (χ4n) is 3.34. The normalized spacial score (nSPS) is 19.6. The molecule has 0 bridgehead atoms. The number of aromatic nitrogens is 2. The zero-order valence-electron chi connectivity index (χ0n) is 12.4. The first-order valence-corrected chi connectivity index (χ1v) is 7.05. The van der Waals surface area contributed by atoms with Gasteiger partial charge in [0.05, 0.1) is 30.6 Å². The molecule has 2 rings (SSSR count). The number of hydrogen-bond donors (Lipinski definition) is 1. The Kier molecular flexibility index (Phi) is 4.47. The van der Waals surface area contributed by atoms with E-state index >= 15 is 0 Å². The summed E-state index contributed by atoms with van der Waals surface area (Å²) in [7, 11) is 5.63. The molecule has 0 spiro atoms. The van der Waals surface area contributed by atoms with Gasteiger partial charge in [0, 0.05) is 13.7 Å². The lowest BCUT2D eigenvalue weighted by molar-refractivity contribution is -0.0631. The van der Waals surface area contributed by atoms with Gasteiger partial charge in [-0.05, 0) is 26.8 Å². The van der Waals surface area contributed by atoms with Crippen LogP contribution in [0.5, 0.6) is 5.75 Å². The van der Waals surface area contributed by atoms with Gasteiger partial charge < -0.3 is 14.8 Å². The summed E-state index contributed by atoms with van der Waals surface area (Å²) in [5, 5.41) is 7.74. The van der Waals surface area contributed by atoms with Crippen LogP contribution in [0.15, 0.2) is 6.20 Å². The zero-order valence-corrected chi connectivity index (χ0v) is 12.4. The molecule has 0 aromatic carbocycles. The van der Waals surface area contributed by atoms with Crippen LogP contribution < -0.4 is 10.1 Å². The maximum Gasteiger partial charge on any atom is 0.161 e. The highest BCUT2D eigenvalue weighted by Crippen LogP contribution is 2.44. The predicted octanol–water partition coefficient (Wildman–Crippen LogP) is 2.04. The van der Waals surface area contributed by atoms with Crippen LogP contribution in [0, 0.1) is 0 Å². The Hall–Kier alpha value is -1.07. The second kappa shape index (κ2) is 5.92. The summed E-state index contributed by atoms with van der Waals surface area (Å²) in [5.41, 5.74) is 0.935. The van der Waals surface area contributed by atoms with E-state index in [0.29, 0.717) is 0 Å². The quantitative estimate of drug-likeness (QED) is 0.857. The third-order valence-corrected chi connectivity index (χ3v) is 4.14. The lowest BCUT2D eigenvalue weighted by Gasteiger charge is -2.37. The van der Waals surface area contributed by atoms with Crippen molar-refractivity contribution in [1.82, 2.24) is 15.1 Å². The number of nitrogens with one attached hydrogen (secondary N) is 1. The first kappa shape index (κ1) is 14.3. The van der Waals surface area contributed by atoms with Gasteiger partial charge in [-0.1, -0.05) is 12.8 Å². The number of likely N-dealkylation sites (N-methyl/N-ethyl adjacent to an activating group) is 1. The molecule has 0 saturated heterocycles. The zero-order chi connectivity index (χ0) is 13.9. The van der Waals surface area contributed by atoms with Crippen LogP contribution in [0.2, 0.25) is 0 Å². The van der Waals surface area contributed by atoms with Crippen LogP contribution in [-0.2, 0) is 11.8 Å². The van der Waals surface area contributed by atoms with E-state index in [0.717, 1.165) is 30.9 Å². The maximum atomic E-state index is 6.16. The van der Waals surface area contributed by atoms with Crippen LogP contribution in [-0.4, -0.2) is 36.1 Å². The predicted molar refractivity (Wildman–Crippen MR) is 74.4 cm³/mol. The Balaban J connectivity index is 2.39. The van der Waals surface area contributed by atoms with Crippen molar-refractivity contribution >= 4 is 0 Å². The molecular formula is C14H25N3O2. The Morgan fingerprint density at radius 1 is 1.47 bits per heavy atom. The van der Waals surface area contributed by atoms with Crippen molar-refractivity contribution in [3.63, 3.8) is 0 Å². The number of methoxy groups -OCH3 is 1. The summed E-state index contributed by atoms with van der Waals surface area (Å²) in [6.45, 7) is 2.80. The van der Waals surface area contributed by atoms with Gasteiger partial charge in [0.2, 0.25) is 0 Å². The van der Waals surface area contributed by atoms with Crippen molar-refractivity contribution < 1.29 is 9.47 Å². The van der Waals surface area contributed by atoms with Gasteiger partial charge >= 0.3 is 0 Å². The summed E-state index contributed by atoms with van der Waals surface area (Å²) in [6.07, 6.45) is 6.38. The molecule has 108 valence electrons. The summed E-state index contributed by atoms with van der Waals surface area (Å²) < 4.78 is 13.5. The van der Waals surface area contributed by atoms with E-state index < -0.39 is 0 Å². The third-order valence-electron chi connectivity index (χ3n) is 4.14. The summed E-state index contributed by atoms with van der Waals surface area (Å²) >= 11 is 0. The Morgan fingerprint density at radius 3 is 2.68 bits per heavy atom. The van der Waals surface area contributed by atoms with Gasteiger partial charge in [-0.3, -0.25) is 4.68 Å². The van der Waals surface area contributed by atoms with Gasteiger partial charge in [-0.2, -0.15) is 5.10 Å². The van der Waals surface area contributed by atoms with Gasteiger partial charge in [0.1, 0.15) is 0 Å². The molecule has 1 fully saturated rings. The molecule has 1 saturated carbocycles. The molecule has 1 heterocycles. The van der Waals surface area contributed by atoms with E-state index in [-0.39, 0.29) is 11.6 Å². The Labute approximate surface area is 115 Å². The average molecular weight is 267 g/mol. The van der Waals surface area contributed by atoms with E-state index in [1.165, 1.54) is 12.8 Å². The number of ether oxygens (including phenoxy) is 2. The van der Waals surface area contributed by atoms with Gasteiger partial charge in [-0.15, -0.1) is 0 Å². The van der Waals surface area contributed by atoms with Gasteiger partial charge in [0.15, 0.2) is 5.75 Å². The Morgan fingerprint density at radius 2 is 2.16 bits per heavy atom.